The predicted molar refractivity (Wildman–Crippen MR) is 105 cm³/mol. The first-order valence-corrected chi connectivity index (χ1v) is 8.90. The summed E-state index contributed by atoms with van der Waals surface area (Å²) in [7, 11) is 0. The molecule has 0 saturated carbocycles. The van der Waals surface area contributed by atoms with Crippen LogP contribution in [0, 0.1) is 10.1 Å². The maximum atomic E-state index is 10.9. The number of hydrogen-bond donors (Lipinski definition) is 2. The van der Waals surface area contributed by atoms with E-state index in [0.29, 0.717) is 28.7 Å². The molecule has 0 bridgehead atoms. The van der Waals surface area contributed by atoms with Crippen molar-refractivity contribution in [3.8, 4) is 22.8 Å². The van der Waals surface area contributed by atoms with Gasteiger partial charge in [0.25, 0.3) is 5.69 Å². The van der Waals surface area contributed by atoms with Gasteiger partial charge in [-0.2, -0.15) is 5.10 Å². The Morgan fingerprint density at radius 1 is 1.37 bits per heavy atom. The molecule has 1 aromatic heterocycles. The fourth-order valence-corrected chi connectivity index (χ4v) is 2.95. The van der Waals surface area contributed by atoms with Crippen LogP contribution in [0.2, 0.25) is 0 Å². The van der Waals surface area contributed by atoms with Crippen LogP contribution in [-0.2, 0) is 0 Å². The average Bonchev–Trinajstić information content (AvgIpc) is 3.13. The van der Waals surface area contributed by atoms with E-state index in [1.807, 2.05) is 6.92 Å². The molecule has 3 aromatic rings. The van der Waals surface area contributed by atoms with E-state index in [9.17, 15) is 15.2 Å². The van der Waals surface area contributed by atoms with Gasteiger partial charge in [-0.25, -0.2) is 4.98 Å². The molecule has 3 rings (SSSR count). The van der Waals surface area contributed by atoms with Gasteiger partial charge in [0.1, 0.15) is 0 Å². The number of aromatic nitrogens is 1. The molecule has 0 radical (unpaired) electrons. The van der Waals surface area contributed by atoms with Gasteiger partial charge in [-0.3, -0.25) is 15.5 Å². The first-order valence-electron chi connectivity index (χ1n) is 8.02. The van der Waals surface area contributed by atoms with Crippen molar-refractivity contribution in [1.82, 2.24) is 4.98 Å². The predicted octanol–water partition coefficient (Wildman–Crippen LogP) is 4.27. The number of phenols is 1. The molecular formula is C18H16N4O4S. The summed E-state index contributed by atoms with van der Waals surface area (Å²) >= 11 is 1.34. The van der Waals surface area contributed by atoms with Crippen molar-refractivity contribution >= 4 is 28.4 Å². The lowest BCUT2D eigenvalue weighted by Gasteiger charge is -2.05. The number of non-ortho nitro benzene ring substituents is 1. The molecule has 0 aliphatic carbocycles. The maximum absolute atomic E-state index is 10.9. The molecule has 0 atom stereocenters. The van der Waals surface area contributed by atoms with Crippen LogP contribution in [0.5, 0.6) is 11.5 Å². The Morgan fingerprint density at radius 3 is 3.00 bits per heavy atom. The first kappa shape index (κ1) is 18.3. The lowest BCUT2D eigenvalue weighted by molar-refractivity contribution is -0.384. The zero-order valence-electron chi connectivity index (χ0n) is 14.3. The fourth-order valence-electron chi connectivity index (χ4n) is 2.28. The Bertz CT molecular complexity index is 987. The van der Waals surface area contributed by atoms with Gasteiger partial charge >= 0.3 is 0 Å². The zero-order valence-corrected chi connectivity index (χ0v) is 15.1. The summed E-state index contributed by atoms with van der Waals surface area (Å²) in [6.07, 6.45) is 1.58. The minimum Gasteiger partial charge on any atom is -0.504 e. The van der Waals surface area contributed by atoms with E-state index in [0.717, 1.165) is 5.56 Å². The van der Waals surface area contributed by atoms with Crippen molar-refractivity contribution in [2.24, 2.45) is 5.10 Å². The molecule has 9 heteroatoms. The number of anilines is 1. The number of ether oxygens (including phenoxy) is 1. The number of hydrogen-bond acceptors (Lipinski definition) is 8. The van der Waals surface area contributed by atoms with Gasteiger partial charge in [0.15, 0.2) is 11.5 Å². The van der Waals surface area contributed by atoms with Gasteiger partial charge < -0.3 is 9.84 Å². The molecule has 2 N–H and O–H groups in total. The average molecular weight is 384 g/mol. The number of hydrazone groups is 1. The monoisotopic (exact) mass is 384 g/mol. The lowest BCUT2D eigenvalue weighted by Crippen LogP contribution is -1.94. The minimum atomic E-state index is -0.437. The van der Waals surface area contributed by atoms with Gasteiger partial charge in [-0.05, 0) is 30.7 Å². The van der Waals surface area contributed by atoms with Crippen molar-refractivity contribution in [3.05, 3.63) is 63.5 Å². The van der Waals surface area contributed by atoms with Crippen molar-refractivity contribution < 1.29 is 14.8 Å². The summed E-state index contributed by atoms with van der Waals surface area (Å²) < 4.78 is 5.33. The summed E-state index contributed by atoms with van der Waals surface area (Å²) in [5, 5.41) is 27.1. The third kappa shape index (κ3) is 4.59. The molecule has 0 aliphatic rings. The summed E-state index contributed by atoms with van der Waals surface area (Å²) in [5.74, 6) is 0.465. The Morgan fingerprint density at radius 2 is 2.22 bits per heavy atom. The van der Waals surface area contributed by atoms with Crippen molar-refractivity contribution in [3.63, 3.8) is 0 Å². The number of benzene rings is 2. The van der Waals surface area contributed by atoms with Crippen molar-refractivity contribution in [2.45, 2.75) is 6.92 Å². The molecule has 0 unspecified atom stereocenters. The second kappa shape index (κ2) is 8.28. The number of nitrogens with zero attached hydrogens (tertiary/aromatic N) is 3. The highest BCUT2D eigenvalue weighted by Gasteiger charge is 2.09. The lowest BCUT2D eigenvalue weighted by atomic mass is 10.1. The molecule has 0 amide bonds. The Labute approximate surface area is 158 Å². The topological polar surface area (TPSA) is 110 Å². The molecule has 0 aliphatic heterocycles. The minimum absolute atomic E-state index is 0.0189. The summed E-state index contributed by atoms with van der Waals surface area (Å²) in [4.78, 5) is 14.8. The van der Waals surface area contributed by atoms with E-state index in [4.69, 9.17) is 4.74 Å². The molecular weight excluding hydrogens is 368 g/mol. The van der Waals surface area contributed by atoms with E-state index < -0.39 is 4.92 Å². The molecule has 0 spiro atoms. The number of thiazole rings is 1. The normalized spacial score (nSPS) is 10.9. The number of phenolic OH excluding ortho intramolecular Hbond substituents is 1. The van der Waals surface area contributed by atoms with Crippen LogP contribution in [0.25, 0.3) is 11.3 Å². The summed E-state index contributed by atoms with van der Waals surface area (Å²) in [5.41, 5.74) is 4.89. The highest BCUT2D eigenvalue weighted by Crippen LogP contribution is 2.28. The van der Waals surface area contributed by atoms with Crippen molar-refractivity contribution in [1.29, 1.82) is 0 Å². The summed E-state index contributed by atoms with van der Waals surface area (Å²) in [6.45, 7) is 2.29. The van der Waals surface area contributed by atoms with E-state index in [2.05, 4.69) is 15.5 Å². The van der Waals surface area contributed by atoms with E-state index in [1.54, 1.807) is 35.9 Å². The van der Waals surface area contributed by atoms with Crippen LogP contribution in [0.4, 0.5) is 10.8 Å². The highest BCUT2D eigenvalue weighted by molar-refractivity contribution is 7.14. The molecule has 138 valence electrons. The molecule has 0 saturated heterocycles. The summed E-state index contributed by atoms with van der Waals surface area (Å²) in [6, 6.07) is 11.2. The third-order valence-corrected chi connectivity index (χ3v) is 4.26. The Balaban J connectivity index is 1.69. The van der Waals surface area contributed by atoms with Crippen LogP contribution in [0.1, 0.15) is 12.5 Å². The van der Waals surface area contributed by atoms with Gasteiger partial charge in [0.2, 0.25) is 5.13 Å². The maximum Gasteiger partial charge on any atom is 0.270 e. The highest BCUT2D eigenvalue weighted by atomic mass is 32.1. The molecule has 0 fully saturated rings. The van der Waals surface area contributed by atoms with E-state index in [1.165, 1.54) is 29.5 Å². The number of nitro benzene ring substituents is 1. The van der Waals surface area contributed by atoms with Crippen LogP contribution < -0.4 is 10.2 Å². The molecule has 8 nitrogen and oxygen atoms in total. The number of nitrogens with one attached hydrogen (secondary N) is 1. The van der Waals surface area contributed by atoms with E-state index in [-0.39, 0.29) is 11.4 Å². The molecule has 27 heavy (non-hydrogen) atoms. The Hall–Kier alpha value is -3.46. The van der Waals surface area contributed by atoms with Crippen LogP contribution >= 0.6 is 11.3 Å². The van der Waals surface area contributed by atoms with Crippen molar-refractivity contribution in [2.75, 3.05) is 12.0 Å². The number of aromatic hydroxyl groups is 1. The van der Waals surface area contributed by atoms with Gasteiger partial charge in [-0.15, -0.1) is 11.3 Å². The smallest absolute Gasteiger partial charge is 0.270 e. The van der Waals surface area contributed by atoms with Gasteiger partial charge in [0.05, 0.1) is 23.4 Å². The largest absolute Gasteiger partial charge is 0.504 e. The second-order valence-electron chi connectivity index (χ2n) is 5.38. The standard InChI is InChI=1S/C18H16N4O4S/c1-2-26-17-8-12(6-7-16(17)23)10-19-21-18-20-15(11-27-18)13-4-3-5-14(9-13)22(24)25/h3-11,23H,2H2,1H3,(H,20,21)/b19-10+. The van der Waals surface area contributed by atoms with Gasteiger partial charge in [-0.1, -0.05) is 12.1 Å². The zero-order chi connectivity index (χ0) is 19.2. The quantitative estimate of drug-likeness (QED) is 0.358. The second-order valence-corrected chi connectivity index (χ2v) is 6.23. The SMILES string of the molecule is CCOc1cc(/C=N/Nc2nc(-c3cccc([N+](=O)[O-])c3)cs2)ccc1O. The molecule has 1 heterocycles. The van der Waals surface area contributed by atoms with Crippen LogP contribution in [-0.4, -0.2) is 27.8 Å². The number of rotatable bonds is 7. The third-order valence-electron chi connectivity index (χ3n) is 3.51. The van der Waals surface area contributed by atoms with E-state index >= 15 is 0 Å². The molecule has 2 aromatic carbocycles. The first-order chi connectivity index (χ1) is 13.1. The van der Waals surface area contributed by atoms with Crippen LogP contribution in [0.3, 0.4) is 0 Å². The fraction of sp³-hybridized carbons (Fsp3) is 0.111. The number of nitro groups is 1. The Kier molecular flexibility index (Phi) is 5.62. The van der Waals surface area contributed by atoms with Crippen LogP contribution in [0.15, 0.2) is 52.9 Å². The van der Waals surface area contributed by atoms with Gasteiger partial charge in [0, 0.05) is 23.1 Å².